The smallest absolute Gasteiger partial charge is 0.147 e. The van der Waals surface area contributed by atoms with Crippen LogP contribution in [0.25, 0.3) is 0 Å². The first kappa shape index (κ1) is 16.2. The summed E-state index contributed by atoms with van der Waals surface area (Å²) >= 11 is 0. The minimum absolute atomic E-state index is 0.292. The van der Waals surface area contributed by atoms with Crippen molar-refractivity contribution in [2.24, 2.45) is 4.99 Å². The molecule has 4 heteroatoms. The van der Waals surface area contributed by atoms with E-state index in [2.05, 4.69) is 10.9 Å². The van der Waals surface area contributed by atoms with Crippen LogP contribution in [0.3, 0.4) is 0 Å². The SMILES string of the molecule is C#CCN1c2c(F)cccc2C(c2cnc(C)c(C)c2)=NC1(C)C. The average Bonchev–Trinajstić information content (AvgIpc) is 2.53. The van der Waals surface area contributed by atoms with Crippen LogP contribution in [0, 0.1) is 32.0 Å². The number of halogens is 1. The maximum absolute atomic E-state index is 14.6. The monoisotopic (exact) mass is 321 g/mol. The van der Waals surface area contributed by atoms with Crippen molar-refractivity contribution in [2.75, 3.05) is 11.4 Å². The fourth-order valence-corrected chi connectivity index (χ4v) is 3.01. The van der Waals surface area contributed by atoms with E-state index < -0.39 is 5.66 Å². The van der Waals surface area contributed by atoms with Gasteiger partial charge in [-0.3, -0.25) is 9.98 Å². The van der Waals surface area contributed by atoms with E-state index in [9.17, 15) is 4.39 Å². The van der Waals surface area contributed by atoms with E-state index >= 15 is 0 Å². The minimum Gasteiger partial charge on any atom is -0.333 e. The molecule has 2 heterocycles. The Morgan fingerprint density at radius 2 is 2.04 bits per heavy atom. The zero-order valence-corrected chi connectivity index (χ0v) is 14.4. The molecule has 0 saturated carbocycles. The van der Waals surface area contributed by atoms with E-state index in [0.717, 1.165) is 28.1 Å². The molecule has 1 aliphatic rings. The van der Waals surface area contributed by atoms with Gasteiger partial charge in [0.1, 0.15) is 11.5 Å². The van der Waals surface area contributed by atoms with E-state index in [1.54, 1.807) is 12.3 Å². The van der Waals surface area contributed by atoms with Gasteiger partial charge in [0.25, 0.3) is 0 Å². The Kier molecular flexibility index (Phi) is 3.88. The van der Waals surface area contributed by atoms with Crippen LogP contribution in [-0.4, -0.2) is 22.9 Å². The van der Waals surface area contributed by atoms with Crippen LogP contribution in [0.1, 0.15) is 36.2 Å². The van der Waals surface area contributed by atoms with Gasteiger partial charge in [-0.2, -0.15) is 0 Å². The molecule has 1 aliphatic heterocycles. The van der Waals surface area contributed by atoms with E-state index in [1.165, 1.54) is 6.07 Å². The molecule has 3 rings (SSSR count). The lowest BCUT2D eigenvalue weighted by Gasteiger charge is -2.41. The lowest BCUT2D eigenvalue weighted by Crippen LogP contribution is -2.47. The van der Waals surface area contributed by atoms with Gasteiger partial charge in [0.15, 0.2) is 0 Å². The van der Waals surface area contributed by atoms with Crippen molar-refractivity contribution in [2.45, 2.75) is 33.4 Å². The van der Waals surface area contributed by atoms with Gasteiger partial charge in [-0.1, -0.05) is 18.1 Å². The number of terminal acetylenes is 1. The molecule has 2 aromatic rings. The molecule has 24 heavy (non-hydrogen) atoms. The zero-order valence-electron chi connectivity index (χ0n) is 14.4. The highest BCUT2D eigenvalue weighted by molar-refractivity contribution is 6.17. The summed E-state index contributed by atoms with van der Waals surface area (Å²) in [4.78, 5) is 11.1. The van der Waals surface area contributed by atoms with Crippen LogP contribution in [0.15, 0.2) is 35.5 Å². The summed E-state index contributed by atoms with van der Waals surface area (Å²) in [5.74, 6) is 2.32. The Labute approximate surface area is 142 Å². The number of aliphatic imine (C=N–C) groups is 1. The number of hydrogen-bond donors (Lipinski definition) is 0. The summed E-state index contributed by atoms with van der Waals surface area (Å²) < 4.78 is 14.6. The Hall–Kier alpha value is -2.67. The highest BCUT2D eigenvalue weighted by atomic mass is 19.1. The number of para-hydroxylation sites is 1. The first-order valence-electron chi connectivity index (χ1n) is 7.88. The Morgan fingerprint density at radius 3 is 2.71 bits per heavy atom. The predicted molar refractivity (Wildman–Crippen MR) is 96.0 cm³/mol. The van der Waals surface area contributed by atoms with Crippen LogP contribution in [-0.2, 0) is 0 Å². The third-order valence-corrected chi connectivity index (χ3v) is 4.42. The van der Waals surface area contributed by atoms with Crippen molar-refractivity contribution in [3.05, 3.63) is 58.7 Å². The summed E-state index contributed by atoms with van der Waals surface area (Å²) in [6.45, 7) is 8.15. The molecule has 0 fully saturated rings. The van der Waals surface area contributed by atoms with E-state index in [1.807, 2.05) is 44.7 Å². The van der Waals surface area contributed by atoms with E-state index in [0.29, 0.717) is 12.2 Å². The van der Waals surface area contributed by atoms with Gasteiger partial charge in [0.2, 0.25) is 0 Å². The van der Waals surface area contributed by atoms with Crippen molar-refractivity contribution < 1.29 is 4.39 Å². The molecular weight excluding hydrogens is 301 g/mol. The number of aromatic nitrogens is 1. The largest absolute Gasteiger partial charge is 0.333 e. The second-order valence-electron chi connectivity index (χ2n) is 6.51. The standard InChI is InChI=1S/C20H20FN3/c1-6-10-24-19-16(8-7-9-17(19)21)18(23-20(24,4)5)15-11-13(2)14(3)22-12-15/h1,7-9,11-12H,10H2,2-5H3. The molecule has 0 radical (unpaired) electrons. The first-order valence-corrected chi connectivity index (χ1v) is 7.88. The molecule has 0 unspecified atom stereocenters. The van der Waals surface area contributed by atoms with Crippen LogP contribution < -0.4 is 4.90 Å². The van der Waals surface area contributed by atoms with Crippen molar-refractivity contribution >= 4 is 11.4 Å². The van der Waals surface area contributed by atoms with Gasteiger partial charge >= 0.3 is 0 Å². The van der Waals surface area contributed by atoms with Crippen molar-refractivity contribution in [1.82, 2.24) is 4.98 Å². The molecule has 1 aromatic carbocycles. The third kappa shape index (κ3) is 2.56. The third-order valence-electron chi connectivity index (χ3n) is 4.42. The van der Waals surface area contributed by atoms with Crippen molar-refractivity contribution in [3.8, 4) is 12.3 Å². The van der Waals surface area contributed by atoms with Gasteiger partial charge in [0.05, 0.1) is 17.9 Å². The number of aryl methyl sites for hydroxylation is 2. The molecule has 0 saturated heterocycles. The highest BCUT2D eigenvalue weighted by Gasteiger charge is 2.35. The lowest BCUT2D eigenvalue weighted by molar-refractivity contribution is 0.482. The molecule has 3 nitrogen and oxygen atoms in total. The normalized spacial score (nSPS) is 15.5. The summed E-state index contributed by atoms with van der Waals surface area (Å²) in [7, 11) is 0. The molecular formula is C20H20FN3. The number of rotatable bonds is 2. The fraction of sp³-hybridized carbons (Fsp3) is 0.300. The molecule has 0 spiro atoms. The molecule has 1 aromatic heterocycles. The summed E-state index contributed by atoms with van der Waals surface area (Å²) in [6, 6.07) is 7.08. The molecule has 122 valence electrons. The van der Waals surface area contributed by atoms with Crippen LogP contribution in [0.2, 0.25) is 0 Å². The average molecular weight is 321 g/mol. The van der Waals surface area contributed by atoms with Gasteiger partial charge in [-0.05, 0) is 45.4 Å². The molecule has 0 atom stereocenters. The molecule has 0 bridgehead atoms. The molecule has 0 amide bonds. The second-order valence-corrected chi connectivity index (χ2v) is 6.51. The van der Waals surface area contributed by atoms with Crippen molar-refractivity contribution in [1.29, 1.82) is 0 Å². The lowest BCUT2D eigenvalue weighted by atomic mass is 9.94. The minimum atomic E-state index is -0.643. The van der Waals surface area contributed by atoms with Gasteiger partial charge in [-0.15, -0.1) is 6.42 Å². The Bertz CT molecular complexity index is 875. The highest BCUT2D eigenvalue weighted by Crippen LogP contribution is 2.37. The quantitative estimate of drug-likeness (QED) is 0.786. The number of anilines is 1. The summed E-state index contributed by atoms with van der Waals surface area (Å²) in [6.07, 6.45) is 7.29. The van der Waals surface area contributed by atoms with Crippen molar-refractivity contribution in [3.63, 3.8) is 0 Å². The summed E-state index contributed by atoms with van der Waals surface area (Å²) in [5, 5.41) is 0. The van der Waals surface area contributed by atoms with Gasteiger partial charge in [0, 0.05) is 23.0 Å². The second kappa shape index (κ2) is 5.76. The van der Waals surface area contributed by atoms with Crippen LogP contribution in [0.4, 0.5) is 10.1 Å². The maximum atomic E-state index is 14.6. The van der Waals surface area contributed by atoms with Gasteiger partial charge in [-0.25, -0.2) is 4.39 Å². The van der Waals surface area contributed by atoms with E-state index in [4.69, 9.17) is 11.4 Å². The molecule has 0 N–H and O–H groups in total. The first-order chi connectivity index (χ1) is 11.3. The zero-order chi connectivity index (χ0) is 17.5. The van der Waals surface area contributed by atoms with Crippen LogP contribution in [0.5, 0.6) is 0 Å². The number of nitrogens with zero attached hydrogens (tertiary/aromatic N) is 3. The predicted octanol–water partition coefficient (Wildman–Crippen LogP) is 3.86. The Balaban J connectivity index is 2.26. The number of fused-ring (bicyclic) bond motifs is 1. The number of benzene rings is 1. The summed E-state index contributed by atoms with van der Waals surface area (Å²) in [5.41, 5.74) is 4.30. The topological polar surface area (TPSA) is 28.5 Å². The van der Waals surface area contributed by atoms with Crippen LogP contribution >= 0.6 is 0 Å². The van der Waals surface area contributed by atoms with E-state index in [-0.39, 0.29) is 5.82 Å². The molecule has 0 aliphatic carbocycles. The van der Waals surface area contributed by atoms with Gasteiger partial charge < -0.3 is 4.90 Å². The fourth-order valence-electron chi connectivity index (χ4n) is 3.01. The number of hydrogen-bond acceptors (Lipinski definition) is 3. The number of pyridine rings is 1. The maximum Gasteiger partial charge on any atom is 0.147 e. The Morgan fingerprint density at radius 1 is 1.29 bits per heavy atom.